The number of aromatic nitrogens is 1. The third kappa shape index (κ3) is 3.21. The van der Waals surface area contributed by atoms with Gasteiger partial charge in [-0.1, -0.05) is 6.07 Å². The van der Waals surface area contributed by atoms with E-state index < -0.39 is 11.9 Å². The topological polar surface area (TPSA) is 51.4 Å². The van der Waals surface area contributed by atoms with E-state index in [0.717, 1.165) is 18.9 Å². The van der Waals surface area contributed by atoms with Crippen molar-refractivity contribution in [2.45, 2.75) is 31.7 Å². The Morgan fingerprint density at radius 1 is 1.45 bits per heavy atom. The Balaban J connectivity index is 2.32. The van der Waals surface area contributed by atoms with E-state index in [1.807, 2.05) is 4.90 Å². The van der Waals surface area contributed by atoms with Gasteiger partial charge in [0.05, 0.1) is 6.10 Å². The molecule has 0 saturated carbocycles. The third-order valence-electron chi connectivity index (χ3n) is 3.48. The van der Waals surface area contributed by atoms with Crippen LogP contribution < -0.4 is 10.6 Å². The molecule has 1 aliphatic heterocycles. The molecule has 1 saturated heterocycles. The molecule has 7 heteroatoms. The predicted octanol–water partition coefficient (Wildman–Crippen LogP) is 2.17. The second kappa shape index (κ2) is 5.97. The summed E-state index contributed by atoms with van der Waals surface area (Å²) in [6.45, 7) is 1.37. The third-order valence-corrected chi connectivity index (χ3v) is 3.48. The van der Waals surface area contributed by atoms with Crippen LogP contribution in [-0.4, -0.2) is 31.3 Å². The number of anilines is 1. The zero-order chi connectivity index (χ0) is 14.8. The number of nitrogens with two attached hydrogens (primary N) is 1. The summed E-state index contributed by atoms with van der Waals surface area (Å²) in [4.78, 5) is 5.60. The molecule has 1 aromatic rings. The van der Waals surface area contributed by atoms with Crippen molar-refractivity contribution in [2.75, 3.05) is 25.1 Å². The molecule has 1 aromatic heterocycles. The van der Waals surface area contributed by atoms with Crippen molar-refractivity contribution >= 4 is 5.82 Å². The highest BCUT2D eigenvalue weighted by Crippen LogP contribution is 2.31. The average molecular weight is 289 g/mol. The first kappa shape index (κ1) is 15.1. The van der Waals surface area contributed by atoms with E-state index in [-0.39, 0.29) is 12.6 Å². The maximum Gasteiger partial charge on any atom is 0.433 e. The van der Waals surface area contributed by atoms with E-state index >= 15 is 0 Å². The lowest BCUT2D eigenvalue weighted by Crippen LogP contribution is -2.40. The fraction of sp³-hybridized carbons (Fsp3) is 0.615. The molecule has 0 spiro atoms. The molecule has 2 rings (SSSR count). The van der Waals surface area contributed by atoms with Crippen LogP contribution in [0.25, 0.3) is 0 Å². The van der Waals surface area contributed by atoms with Gasteiger partial charge in [0, 0.05) is 32.3 Å². The Morgan fingerprint density at radius 2 is 2.20 bits per heavy atom. The smallest absolute Gasteiger partial charge is 0.380 e. The van der Waals surface area contributed by atoms with Crippen LogP contribution in [0.15, 0.2) is 12.1 Å². The van der Waals surface area contributed by atoms with Crippen molar-refractivity contribution in [1.29, 1.82) is 0 Å². The molecule has 1 unspecified atom stereocenters. The first-order valence-electron chi connectivity index (χ1n) is 6.50. The summed E-state index contributed by atoms with van der Waals surface area (Å²) in [7, 11) is 1.61. The Kier molecular flexibility index (Phi) is 4.49. The average Bonchev–Trinajstić information content (AvgIpc) is 2.45. The van der Waals surface area contributed by atoms with E-state index in [1.165, 1.54) is 6.07 Å². The quantitative estimate of drug-likeness (QED) is 0.926. The fourth-order valence-electron chi connectivity index (χ4n) is 2.39. The summed E-state index contributed by atoms with van der Waals surface area (Å²) in [5, 5.41) is 0. The van der Waals surface area contributed by atoms with Crippen molar-refractivity contribution in [2.24, 2.45) is 5.73 Å². The van der Waals surface area contributed by atoms with Gasteiger partial charge in [0.1, 0.15) is 11.5 Å². The lowest BCUT2D eigenvalue weighted by molar-refractivity contribution is -0.141. The summed E-state index contributed by atoms with van der Waals surface area (Å²) >= 11 is 0. The summed E-state index contributed by atoms with van der Waals surface area (Å²) in [5.74, 6) is 0.323. The van der Waals surface area contributed by atoms with Gasteiger partial charge in [-0.3, -0.25) is 0 Å². The number of alkyl halides is 3. The van der Waals surface area contributed by atoms with E-state index in [9.17, 15) is 13.2 Å². The van der Waals surface area contributed by atoms with Crippen LogP contribution in [0.4, 0.5) is 19.0 Å². The summed E-state index contributed by atoms with van der Waals surface area (Å²) < 4.78 is 43.6. The fourth-order valence-corrected chi connectivity index (χ4v) is 2.39. The highest BCUT2D eigenvalue weighted by atomic mass is 19.4. The van der Waals surface area contributed by atoms with Gasteiger partial charge in [-0.15, -0.1) is 0 Å². The van der Waals surface area contributed by atoms with Crippen LogP contribution in [0.1, 0.15) is 24.1 Å². The summed E-state index contributed by atoms with van der Waals surface area (Å²) in [5.41, 5.74) is 5.34. The van der Waals surface area contributed by atoms with Gasteiger partial charge >= 0.3 is 6.18 Å². The van der Waals surface area contributed by atoms with Crippen molar-refractivity contribution in [3.8, 4) is 0 Å². The first-order chi connectivity index (χ1) is 9.45. The Morgan fingerprint density at radius 3 is 2.80 bits per heavy atom. The molecule has 0 aromatic carbocycles. The van der Waals surface area contributed by atoms with Crippen LogP contribution in [0.3, 0.4) is 0 Å². The van der Waals surface area contributed by atoms with Crippen molar-refractivity contribution in [3.05, 3.63) is 23.4 Å². The molecule has 20 heavy (non-hydrogen) atoms. The van der Waals surface area contributed by atoms with E-state index in [4.69, 9.17) is 10.5 Å². The van der Waals surface area contributed by atoms with Crippen molar-refractivity contribution in [3.63, 3.8) is 0 Å². The standard InChI is InChI=1S/C13H18F3N3O/c1-20-10-3-2-6-19(8-10)12-9(7-17)4-5-11(18-12)13(14,15)16/h4-5,10H,2-3,6-8,17H2,1H3. The minimum Gasteiger partial charge on any atom is -0.380 e. The van der Waals surface area contributed by atoms with Gasteiger partial charge in [-0.05, 0) is 18.9 Å². The van der Waals surface area contributed by atoms with Crippen LogP contribution in [-0.2, 0) is 17.5 Å². The van der Waals surface area contributed by atoms with Gasteiger partial charge in [0.2, 0.25) is 0 Å². The van der Waals surface area contributed by atoms with Crippen LogP contribution in [0.5, 0.6) is 0 Å². The second-order valence-corrected chi connectivity index (χ2v) is 4.83. The molecule has 2 N–H and O–H groups in total. The number of rotatable bonds is 3. The Bertz CT molecular complexity index is 465. The predicted molar refractivity (Wildman–Crippen MR) is 69.4 cm³/mol. The number of halogens is 3. The van der Waals surface area contributed by atoms with Gasteiger partial charge in [-0.2, -0.15) is 13.2 Å². The number of pyridine rings is 1. The maximum atomic E-state index is 12.8. The highest BCUT2D eigenvalue weighted by molar-refractivity contribution is 5.48. The van der Waals surface area contributed by atoms with Gasteiger partial charge in [0.25, 0.3) is 0 Å². The lowest BCUT2D eigenvalue weighted by Gasteiger charge is -2.34. The minimum absolute atomic E-state index is 0.0192. The maximum absolute atomic E-state index is 12.8. The van der Waals surface area contributed by atoms with Gasteiger partial charge in [-0.25, -0.2) is 4.98 Å². The zero-order valence-corrected chi connectivity index (χ0v) is 11.3. The van der Waals surface area contributed by atoms with E-state index in [1.54, 1.807) is 7.11 Å². The normalized spacial score (nSPS) is 20.2. The number of ether oxygens (including phenoxy) is 1. The number of hydrogen-bond acceptors (Lipinski definition) is 4. The molecule has 1 fully saturated rings. The number of nitrogens with zero attached hydrogens (tertiary/aromatic N) is 2. The molecule has 2 heterocycles. The number of methoxy groups -OCH3 is 1. The molecule has 0 amide bonds. The second-order valence-electron chi connectivity index (χ2n) is 4.83. The molecule has 1 aliphatic rings. The zero-order valence-electron chi connectivity index (χ0n) is 11.3. The van der Waals surface area contributed by atoms with Gasteiger partial charge in [0.15, 0.2) is 0 Å². The number of hydrogen-bond donors (Lipinski definition) is 1. The van der Waals surface area contributed by atoms with E-state index in [2.05, 4.69) is 4.98 Å². The van der Waals surface area contributed by atoms with E-state index in [0.29, 0.717) is 24.5 Å². The largest absolute Gasteiger partial charge is 0.433 e. The molecule has 0 bridgehead atoms. The Labute approximate surface area is 115 Å². The van der Waals surface area contributed by atoms with Crippen molar-refractivity contribution in [1.82, 2.24) is 4.98 Å². The van der Waals surface area contributed by atoms with Crippen LogP contribution in [0, 0.1) is 0 Å². The molecule has 0 radical (unpaired) electrons. The molecule has 112 valence electrons. The van der Waals surface area contributed by atoms with Gasteiger partial charge < -0.3 is 15.4 Å². The number of piperidine rings is 1. The van der Waals surface area contributed by atoms with Crippen LogP contribution >= 0.6 is 0 Å². The molecule has 4 nitrogen and oxygen atoms in total. The molecule has 1 atom stereocenters. The van der Waals surface area contributed by atoms with Crippen molar-refractivity contribution < 1.29 is 17.9 Å². The molecule has 0 aliphatic carbocycles. The summed E-state index contributed by atoms with van der Waals surface area (Å²) in [6, 6.07) is 2.38. The lowest BCUT2D eigenvalue weighted by atomic mass is 10.1. The molecular weight excluding hydrogens is 271 g/mol. The monoisotopic (exact) mass is 289 g/mol. The van der Waals surface area contributed by atoms with Crippen LogP contribution in [0.2, 0.25) is 0 Å². The first-order valence-corrected chi connectivity index (χ1v) is 6.50. The SMILES string of the molecule is COC1CCCN(c2nc(C(F)(F)F)ccc2CN)C1. The molecular formula is C13H18F3N3O. The Hall–Kier alpha value is -1.34. The highest BCUT2D eigenvalue weighted by Gasteiger charge is 2.34. The minimum atomic E-state index is -4.45. The summed E-state index contributed by atoms with van der Waals surface area (Å²) in [6.07, 6.45) is -2.66.